The number of carbonyl (C=O) groups is 2. The summed E-state index contributed by atoms with van der Waals surface area (Å²) in [6, 6.07) is 3.53. The first-order chi connectivity index (χ1) is 12.6. The van der Waals surface area contributed by atoms with E-state index in [1.54, 1.807) is 41.5 Å². The van der Waals surface area contributed by atoms with Gasteiger partial charge in [0.25, 0.3) is 0 Å². The normalized spacial score (nSPS) is 13.6. The molecular weight excluding hydrogens is 375 g/mol. The van der Waals surface area contributed by atoms with E-state index in [-0.39, 0.29) is 12.1 Å². The number of nitrogens with one attached hydrogen (secondary N) is 3. The summed E-state index contributed by atoms with van der Waals surface area (Å²) in [6.45, 7) is 9.70. The lowest BCUT2D eigenvalue weighted by Gasteiger charge is -2.30. The molecule has 1 aromatic carbocycles. The predicted octanol–water partition coefficient (Wildman–Crippen LogP) is 4.14. The highest BCUT2D eigenvalue weighted by Crippen LogP contribution is 2.34. The lowest BCUT2D eigenvalue weighted by atomic mass is 10.0. The first-order valence-electron chi connectivity index (χ1n) is 8.78. The van der Waals surface area contributed by atoms with Crippen LogP contribution in [-0.4, -0.2) is 35.9 Å². The van der Waals surface area contributed by atoms with Crippen LogP contribution in [0.15, 0.2) is 24.3 Å². The number of carbonyl (C=O) groups excluding carboxylic acids is 2. The van der Waals surface area contributed by atoms with Crippen molar-refractivity contribution in [1.29, 1.82) is 0 Å². The Labute approximate surface area is 163 Å². The van der Waals surface area contributed by atoms with Gasteiger partial charge in [-0.3, -0.25) is 10.1 Å². The van der Waals surface area contributed by atoms with Crippen LogP contribution in [0.5, 0.6) is 0 Å². The van der Waals surface area contributed by atoms with Gasteiger partial charge in [0.15, 0.2) is 0 Å². The highest BCUT2D eigenvalue weighted by atomic mass is 19.4. The summed E-state index contributed by atoms with van der Waals surface area (Å²) in [6.07, 6.45) is -5.20. The van der Waals surface area contributed by atoms with Gasteiger partial charge in [-0.25, -0.2) is 4.79 Å². The molecule has 0 fully saturated rings. The smallest absolute Gasteiger partial charge is 0.408 e. The molecule has 0 aliphatic carbocycles. The van der Waals surface area contributed by atoms with Crippen LogP contribution in [0, 0.1) is 0 Å². The zero-order valence-electron chi connectivity index (χ0n) is 17.0. The van der Waals surface area contributed by atoms with Crippen LogP contribution in [0.25, 0.3) is 0 Å². The summed E-state index contributed by atoms with van der Waals surface area (Å²) in [7, 11) is 0. The van der Waals surface area contributed by atoms with Gasteiger partial charge in [0, 0.05) is 11.2 Å². The van der Waals surface area contributed by atoms with Gasteiger partial charge in [-0.05, 0) is 59.2 Å². The summed E-state index contributed by atoms with van der Waals surface area (Å²) in [4.78, 5) is 23.4. The van der Waals surface area contributed by atoms with Crippen LogP contribution < -0.4 is 16.0 Å². The monoisotopic (exact) mass is 403 g/mol. The van der Waals surface area contributed by atoms with Crippen molar-refractivity contribution in [2.45, 2.75) is 64.9 Å². The van der Waals surface area contributed by atoms with Crippen LogP contribution in [0.4, 0.5) is 23.7 Å². The fourth-order valence-electron chi connectivity index (χ4n) is 2.22. The van der Waals surface area contributed by atoms with E-state index in [2.05, 4.69) is 16.0 Å². The van der Waals surface area contributed by atoms with E-state index >= 15 is 0 Å². The Balaban J connectivity index is 2.71. The van der Waals surface area contributed by atoms with Crippen molar-refractivity contribution in [3.63, 3.8) is 0 Å². The number of rotatable bonds is 5. The van der Waals surface area contributed by atoms with Gasteiger partial charge < -0.3 is 15.4 Å². The van der Waals surface area contributed by atoms with E-state index in [0.29, 0.717) is 5.69 Å². The van der Waals surface area contributed by atoms with Crippen molar-refractivity contribution >= 4 is 17.7 Å². The van der Waals surface area contributed by atoms with E-state index in [0.717, 1.165) is 0 Å². The van der Waals surface area contributed by atoms with Crippen LogP contribution in [0.1, 0.15) is 53.1 Å². The van der Waals surface area contributed by atoms with Gasteiger partial charge in [-0.2, -0.15) is 13.2 Å². The van der Waals surface area contributed by atoms with E-state index in [4.69, 9.17) is 4.74 Å². The molecule has 0 aromatic heterocycles. The number of benzene rings is 1. The van der Waals surface area contributed by atoms with Crippen molar-refractivity contribution < 1.29 is 27.5 Å². The maximum Gasteiger partial charge on any atom is 0.408 e. The van der Waals surface area contributed by atoms with Gasteiger partial charge in [0.1, 0.15) is 18.2 Å². The quantitative estimate of drug-likeness (QED) is 0.690. The minimum absolute atomic E-state index is 0.0345. The number of alkyl halides is 3. The molecule has 1 unspecified atom stereocenters. The summed E-state index contributed by atoms with van der Waals surface area (Å²) in [5.74, 6) is -0.529. The molecule has 0 radical (unpaired) electrons. The molecule has 28 heavy (non-hydrogen) atoms. The van der Waals surface area contributed by atoms with Gasteiger partial charge in [-0.1, -0.05) is 12.1 Å². The number of alkyl carbamates (subject to hydrolysis) is 1. The summed E-state index contributed by atoms with van der Waals surface area (Å²) < 4.78 is 45.1. The second-order valence-electron chi connectivity index (χ2n) is 8.39. The van der Waals surface area contributed by atoms with Crippen molar-refractivity contribution in [3.8, 4) is 0 Å². The Morgan fingerprint density at radius 2 is 1.54 bits per heavy atom. The average molecular weight is 403 g/mol. The van der Waals surface area contributed by atoms with Gasteiger partial charge >= 0.3 is 12.3 Å². The molecule has 0 bridgehead atoms. The Morgan fingerprint density at radius 3 is 1.96 bits per heavy atom. The molecule has 0 heterocycles. The Kier molecular flexibility index (Phi) is 7.47. The van der Waals surface area contributed by atoms with Crippen LogP contribution in [0.3, 0.4) is 0 Å². The average Bonchev–Trinajstić information content (AvgIpc) is 2.48. The summed E-state index contributed by atoms with van der Waals surface area (Å²) >= 11 is 0. The highest BCUT2D eigenvalue weighted by Gasteiger charge is 2.42. The summed E-state index contributed by atoms with van der Waals surface area (Å²) in [5, 5.41) is 7.36. The third kappa shape index (κ3) is 9.07. The lowest BCUT2D eigenvalue weighted by Crippen LogP contribution is -2.45. The van der Waals surface area contributed by atoms with E-state index < -0.39 is 35.4 Å². The lowest BCUT2D eigenvalue weighted by molar-refractivity contribution is -0.161. The van der Waals surface area contributed by atoms with Gasteiger partial charge in [0.05, 0.1) is 0 Å². The fourth-order valence-corrected chi connectivity index (χ4v) is 2.22. The topological polar surface area (TPSA) is 79.5 Å². The molecular formula is C19H28F3N3O3. The van der Waals surface area contributed by atoms with E-state index in [9.17, 15) is 22.8 Å². The van der Waals surface area contributed by atoms with E-state index in [1.165, 1.54) is 24.3 Å². The summed E-state index contributed by atoms with van der Waals surface area (Å²) in [5.41, 5.74) is -1.07. The second kappa shape index (κ2) is 8.81. The third-order valence-corrected chi connectivity index (χ3v) is 3.22. The molecule has 9 heteroatoms. The molecule has 2 amide bonds. The standard InChI is InChI=1S/C19H28F3N3O3/c1-17(2,3)25-15(19(20,21)22)12-7-9-13(10-8-12)24-14(26)11-23-16(27)28-18(4,5)6/h7-10,15,25H,11H2,1-6H3,(H,23,27)(H,24,26). The number of hydrogen-bond donors (Lipinski definition) is 3. The molecule has 0 aliphatic heterocycles. The maximum atomic E-state index is 13.4. The van der Waals surface area contributed by atoms with Crippen molar-refractivity contribution in [2.75, 3.05) is 11.9 Å². The second-order valence-corrected chi connectivity index (χ2v) is 8.39. The van der Waals surface area contributed by atoms with Crippen molar-refractivity contribution in [2.24, 2.45) is 0 Å². The molecule has 6 nitrogen and oxygen atoms in total. The number of halogens is 3. The largest absolute Gasteiger partial charge is 0.444 e. The predicted molar refractivity (Wildman–Crippen MR) is 101 cm³/mol. The molecule has 0 saturated carbocycles. The van der Waals surface area contributed by atoms with Gasteiger partial charge in [0.2, 0.25) is 5.91 Å². The molecule has 1 atom stereocenters. The van der Waals surface area contributed by atoms with Crippen LogP contribution in [0.2, 0.25) is 0 Å². The van der Waals surface area contributed by atoms with Crippen LogP contribution >= 0.6 is 0 Å². The minimum atomic E-state index is -4.46. The first kappa shape index (κ1) is 23.7. The minimum Gasteiger partial charge on any atom is -0.444 e. The SMILES string of the molecule is CC(C)(C)NC(c1ccc(NC(=O)CNC(=O)OC(C)(C)C)cc1)C(F)(F)F. The fraction of sp³-hybridized carbons (Fsp3) is 0.579. The zero-order valence-corrected chi connectivity index (χ0v) is 17.0. The van der Waals surface area contributed by atoms with E-state index in [1.807, 2.05) is 0 Å². The maximum absolute atomic E-state index is 13.4. The number of anilines is 1. The zero-order chi connectivity index (χ0) is 21.8. The Morgan fingerprint density at radius 1 is 1.00 bits per heavy atom. The number of ether oxygens (including phenoxy) is 1. The third-order valence-electron chi connectivity index (χ3n) is 3.22. The van der Waals surface area contributed by atoms with Crippen molar-refractivity contribution in [1.82, 2.24) is 10.6 Å². The molecule has 158 valence electrons. The molecule has 3 N–H and O–H groups in total. The Hall–Kier alpha value is -2.29. The first-order valence-corrected chi connectivity index (χ1v) is 8.78. The number of hydrogen-bond acceptors (Lipinski definition) is 4. The molecule has 1 rings (SSSR count). The molecule has 0 aliphatic rings. The Bertz CT molecular complexity index is 675. The highest BCUT2D eigenvalue weighted by molar-refractivity contribution is 5.93. The molecule has 0 spiro atoms. The number of amides is 2. The molecule has 0 saturated heterocycles. The van der Waals surface area contributed by atoms with Crippen molar-refractivity contribution in [3.05, 3.63) is 29.8 Å². The van der Waals surface area contributed by atoms with Crippen LogP contribution in [-0.2, 0) is 9.53 Å². The molecule has 1 aromatic rings. The van der Waals surface area contributed by atoms with Gasteiger partial charge in [-0.15, -0.1) is 0 Å².